The third-order valence-corrected chi connectivity index (χ3v) is 3.52. The lowest BCUT2D eigenvalue weighted by Crippen LogP contribution is -2.24. The molecule has 0 radical (unpaired) electrons. The van der Waals surface area contributed by atoms with Crippen molar-refractivity contribution in [1.82, 2.24) is 19.6 Å². The lowest BCUT2D eigenvalue weighted by atomic mass is 10.3. The van der Waals surface area contributed by atoms with Crippen molar-refractivity contribution in [3.8, 4) is 0 Å². The Morgan fingerprint density at radius 1 is 1.40 bits per heavy atom. The fourth-order valence-electron chi connectivity index (χ4n) is 2.14. The average molecular weight is 273 g/mol. The van der Waals surface area contributed by atoms with E-state index in [-0.39, 0.29) is 5.56 Å². The first-order chi connectivity index (χ1) is 9.65. The molecule has 6 heteroatoms. The Balaban J connectivity index is 1.79. The van der Waals surface area contributed by atoms with Crippen molar-refractivity contribution in [2.24, 2.45) is 7.05 Å². The maximum Gasteiger partial charge on any atom is 0.269 e. The molecule has 3 rings (SSSR count). The molecule has 0 unspecified atom stereocenters. The molecule has 106 valence electrons. The molecule has 2 aromatic heterocycles. The fraction of sp³-hybridized carbons (Fsp3) is 0.500. The van der Waals surface area contributed by atoms with Gasteiger partial charge in [0, 0.05) is 19.2 Å². The second-order valence-corrected chi connectivity index (χ2v) is 5.26. The van der Waals surface area contributed by atoms with Crippen LogP contribution >= 0.6 is 0 Å². The highest BCUT2D eigenvalue weighted by molar-refractivity contribution is 5.41. The van der Waals surface area contributed by atoms with Crippen LogP contribution in [0.25, 0.3) is 0 Å². The van der Waals surface area contributed by atoms with Crippen LogP contribution in [0.3, 0.4) is 0 Å². The third-order valence-electron chi connectivity index (χ3n) is 3.52. The Hall–Kier alpha value is -2.11. The molecule has 0 saturated heterocycles. The Labute approximate surface area is 117 Å². The number of aromatic nitrogens is 4. The summed E-state index contributed by atoms with van der Waals surface area (Å²) in [6.45, 7) is 2.51. The van der Waals surface area contributed by atoms with E-state index in [2.05, 4.69) is 22.4 Å². The van der Waals surface area contributed by atoms with Crippen LogP contribution in [0.15, 0.2) is 23.1 Å². The predicted molar refractivity (Wildman–Crippen MR) is 76.8 cm³/mol. The highest BCUT2D eigenvalue weighted by Gasteiger charge is 2.21. The van der Waals surface area contributed by atoms with E-state index in [4.69, 9.17) is 0 Å². The van der Waals surface area contributed by atoms with E-state index in [1.54, 1.807) is 12.3 Å². The molecular formula is C14H19N5O. The number of anilines is 1. The molecule has 1 saturated carbocycles. The van der Waals surface area contributed by atoms with Crippen molar-refractivity contribution in [1.29, 1.82) is 0 Å². The summed E-state index contributed by atoms with van der Waals surface area (Å²) in [4.78, 5) is 12.1. The van der Waals surface area contributed by atoms with Gasteiger partial charge >= 0.3 is 0 Å². The van der Waals surface area contributed by atoms with Gasteiger partial charge in [-0.05, 0) is 25.3 Å². The fourth-order valence-corrected chi connectivity index (χ4v) is 2.14. The summed E-state index contributed by atoms with van der Waals surface area (Å²) >= 11 is 0. The highest BCUT2D eigenvalue weighted by atomic mass is 16.1. The van der Waals surface area contributed by atoms with Gasteiger partial charge in [-0.2, -0.15) is 10.2 Å². The molecule has 20 heavy (non-hydrogen) atoms. The highest BCUT2D eigenvalue weighted by Crippen LogP contribution is 2.23. The summed E-state index contributed by atoms with van der Waals surface area (Å²) in [5, 5.41) is 11.9. The molecule has 1 N–H and O–H groups in total. The quantitative estimate of drug-likeness (QED) is 0.888. The Kier molecular flexibility index (Phi) is 3.30. The van der Waals surface area contributed by atoms with Gasteiger partial charge in [-0.3, -0.25) is 9.48 Å². The Morgan fingerprint density at radius 3 is 2.80 bits per heavy atom. The van der Waals surface area contributed by atoms with Gasteiger partial charge in [0.15, 0.2) is 0 Å². The minimum absolute atomic E-state index is 0.0881. The van der Waals surface area contributed by atoms with E-state index in [0.29, 0.717) is 12.6 Å². The normalized spacial score (nSPS) is 14.5. The van der Waals surface area contributed by atoms with Crippen LogP contribution in [0.4, 0.5) is 5.69 Å². The van der Waals surface area contributed by atoms with Crippen molar-refractivity contribution in [2.75, 3.05) is 5.32 Å². The van der Waals surface area contributed by atoms with Gasteiger partial charge in [0.2, 0.25) is 0 Å². The SMILES string of the molecule is CCc1cc(Cn2ncc(NC3CC3)cc2=O)n(C)n1. The second kappa shape index (κ2) is 5.11. The smallest absolute Gasteiger partial charge is 0.269 e. The van der Waals surface area contributed by atoms with Crippen LogP contribution in [-0.2, 0) is 20.0 Å². The van der Waals surface area contributed by atoms with Gasteiger partial charge in [-0.15, -0.1) is 0 Å². The first kappa shape index (κ1) is 12.9. The molecule has 0 amide bonds. The number of hydrogen-bond donors (Lipinski definition) is 1. The molecule has 1 aliphatic carbocycles. The van der Waals surface area contributed by atoms with Crippen LogP contribution in [0.1, 0.15) is 31.2 Å². The van der Waals surface area contributed by atoms with E-state index < -0.39 is 0 Å². The topological polar surface area (TPSA) is 64.7 Å². The third kappa shape index (κ3) is 2.74. The van der Waals surface area contributed by atoms with E-state index in [0.717, 1.165) is 23.5 Å². The lowest BCUT2D eigenvalue weighted by molar-refractivity contribution is 0.590. The average Bonchev–Trinajstić information content (AvgIpc) is 3.16. The molecule has 1 aliphatic rings. The first-order valence-corrected chi connectivity index (χ1v) is 7.01. The molecule has 0 aliphatic heterocycles. The van der Waals surface area contributed by atoms with Gasteiger partial charge < -0.3 is 5.32 Å². The van der Waals surface area contributed by atoms with Crippen LogP contribution < -0.4 is 10.9 Å². The molecule has 0 bridgehead atoms. The van der Waals surface area contributed by atoms with E-state index in [1.807, 2.05) is 17.8 Å². The first-order valence-electron chi connectivity index (χ1n) is 7.01. The van der Waals surface area contributed by atoms with Gasteiger partial charge in [0.1, 0.15) is 0 Å². The maximum absolute atomic E-state index is 12.1. The van der Waals surface area contributed by atoms with Crippen molar-refractivity contribution < 1.29 is 0 Å². The molecule has 1 fully saturated rings. The number of nitrogens with zero attached hydrogens (tertiary/aromatic N) is 4. The minimum atomic E-state index is -0.0881. The van der Waals surface area contributed by atoms with Crippen molar-refractivity contribution in [2.45, 2.75) is 38.8 Å². The van der Waals surface area contributed by atoms with Crippen LogP contribution in [-0.4, -0.2) is 25.6 Å². The van der Waals surface area contributed by atoms with Gasteiger partial charge in [-0.1, -0.05) is 6.92 Å². The predicted octanol–water partition coefficient (Wildman–Crippen LogP) is 1.16. The van der Waals surface area contributed by atoms with Crippen LogP contribution in [0.5, 0.6) is 0 Å². The standard InChI is InChI=1S/C14H19N5O/c1-3-10-6-13(18(2)17-10)9-19-14(20)7-12(8-15-19)16-11-4-5-11/h6-8,11,16H,3-5,9H2,1-2H3. The number of nitrogens with one attached hydrogen (secondary N) is 1. The molecule has 0 atom stereocenters. The summed E-state index contributed by atoms with van der Waals surface area (Å²) in [6.07, 6.45) is 4.97. The molecular weight excluding hydrogens is 254 g/mol. The summed E-state index contributed by atoms with van der Waals surface area (Å²) in [7, 11) is 1.89. The largest absolute Gasteiger partial charge is 0.381 e. The zero-order valence-corrected chi connectivity index (χ0v) is 11.8. The molecule has 6 nitrogen and oxygen atoms in total. The van der Waals surface area contributed by atoms with Crippen molar-refractivity contribution >= 4 is 5.69 Å². The summed E-state index contributed by atoms with van der Waals surface area (Å²) in [5.41, 5.74) is 2.74. The number of aryl methyl sites for hydroxylation is 2. The van der Waals surface area contributed by atoms with E-state index in [9.17, 15) is 4.79 Å². The summed E-state index contributed by atoms with van der Waals surface area (Å²) < 4.78 is 3.28. The van der Waals surface area contributed by atoms with E-state index in [1.165, 1.54) is 17.5 Å². The molecule has 2 aromatic rings. The number of hydrogen-bond acceptors (Lipinski definition) is 4. The van der Waals surface area contributed by atoms with Crippen LogP contribution in [0, 0.1) is 0 Å². The van der Waals surface area contributed by atoms with Gasteiger partial charge in [0.25, 0.3) is 5.56 Å². The van der Waals surface area contributed by atoms with Crippen molar-refractivity contribution in [3.05, 3.63) is 40.1 Å². The summed E-state index contributed by atoms with van der Waals surface area (Å²) in [5.74, 6) is 0. The lowest BCUT2D eigenvalue weighted by Gasteiger charge is -2.07. The molecule has 0 aromatic carbocycles. The van der Waals surface area contributed by atoms with Crippen molar-refractivity contribution in [3.63, 3.8) is 0 Å². The zero-order chi connectivity index (χ0) is 14.1. The Morgan fingerprint density at radius 2 is 2.20 bits per heavy atom. The van der Waals surface area contributed by atoms with E-state index >= 15 is 0 Å². The van der Waals surface area contributed by atoms with Gasteiger partial charge in [0.05, 0.1) is 29.8 Å². The second-order valence-electron chi connectivity index (χ2n) is 5.26. The minimum Gasteiger partial charge on any atom is -0.381 e. The molecule has 0 spiro atoms. The monoisotopic (exact) mass is 273 g/mol. The summed E-state index contributed by atoms with van der Waals surface area (Å²) in [6, 6.07) is 4.16. The van der Waals surface area contributed by atoms with Crippen LogP contribution in [0.2, 0.25) is 0 Å². The van der Waals surface area contributed by atoms with Gasteiger partial charge in [-0.25, -0.2) is 4.68 Å². The zero-order valence-electron chi connectivity index (χ0n) is 11.8. The Bertz CT molecular complexity index is 668. The molecule has 2 heterocycles. The number of rotatable bonds is 5. The maximum atomic E-state index is 12.1.